The van der Waals surface area contributed by atoms with Gasteiger partial charge in [0.2, 0.25) is 0 Å². The van der Waals surface area contributed by atoms with Crippen LogP contribution >= 0.6 is 0 Å². The highest BCUT2D eigenvalue weighted by Gasteiger charge is 2.23. The summed E-state index contributed by atoms with van der Waals surface area (Å²) >= 11 is 0. The van der Waals surface area contributed by atoms with Crippen LogP contribution in [0.2, 0.25) is 0 Å². The Bertz CT molecular complexity index is 126. The summed E-state index contributed by atoms with van der Waals surface area (Å²) in [4.78, 5) is 0. The van der Waals surface area contributed by atoms with Gasteiger partial charge in [0.1, 0.15) is 0 Å². The average Bonchev–Trinajstić information content (AvgIpc) is 1.91. The Morgan fingerprint density at radius 3 is 2.00 bits per heavy atom. The molecule has 0 N–H and O–H groups in total. The molecule has 1 rings (SSSR count). The molecule has 12 heavy (non-hydrogen) atoms. The topological polar surface area (TPSA) is 9.23 Å². The molecule has 0 aromatic heterocycles. The van der Waals surface area contributed by atoms with Gasteiger partial charge in [0.05, 0.1) is 11.7 Å². The summed E-state index contributed by atoms with van der Waals surface area (Å²) in [6.07, 6.45) is 5.36. The van der Waals surface area contributed by atoms with E-state index in [4.69, 9.17) is 4.74 Å². The van der Waals surface area contributed by atoms with E-state index in [1.165, 1.54) is 25.7 Å². The fourth-order valence-electron chi connectivity index (χ4n) is 1.75. The van der Waals surface area contributed by atoms with Gasteiger partial charge in [-0.15, -0.1) is 0 Å². The Hall–Kier alpha value is -0.0400. The first-order valence-electron chi connectivity index (χ1n) is 4.98. The maximum atomic E-state index is 5.90. The highest BCUT2D eigenvalue weighted by Crippen LogP contribution is 2.27. The second-order valence-electron chi connectivity index (χ2n) is 4.87. The van der Waals surface area contributed by atoms with Crippen LogP contribution in [0.4, 0.5) is 0 Å². The molecule has 1 aliphatic carbocycles. The predicted octanol–water partition coefficient (Wildman–Crippen LogP) is 3.19. The third-order valence-electron chi connectivity index (χ3n) is 2.31. The Morgan fingerprint density at radius 2 is 1.58 bits per heavy atom. The van der Waals surface area contributed by atoms with Gasteiger partial charge in [-0.1, -0.05) is 6.92 Å². The standard InChI is InChI=1S/C11H21O/c1-9-5-7-10(8-6-9)12-11(2,3)4/h9-10H,1,5-8H2,2-4H3. The van der Waals surface area contributed by atoms with Crippen molar-refractivity contribution in [3.8, 4) is 0 Å². The van der Waals surface area contributed by atoms with E-state index in [2.05, 4.69) is 27.7 Å². The Kier molecular flexibility index (Phi) is 3.16. The van der Waals surface area contributed by atoms with E-state index in [-0.39, 0.29) is 5.60 Å². The highest BCUT2D eigenvalue weighted by atomic mass is 16.5. The smallest absolute Gasteiger partial charge is 0.0602 e. The van der Waals surface area contributed by atoms with Crippen LogP contribution in [0.1, 0.15) is 46.5 Å². The lowest BCUT2D eigenvalue weighted by molar-refractivity contribution is -0.0764. The van der Waals surface area contributed by atoms with Gasteiger partial charge < -0.3 is 4.74 Å². The fraction of sp³-hybridized carbons (Fsp3) is 0.909. The molecule has 0 saturated heterocycles. The average molecular weight is 169 g/mol. The third-order valence-corrected chi connectivity index (χ3v) is 2.31. The van der Waals surface area contributed by atoms with E-state index in [1.54, 1.807) is 0 Å². The molecule has 0 unspecified atom stereocenters. The predicted molar refractivity (Wildman–Crippen MR) is 51.9 cm³/mol. The van der Waals surface area contributed by atoms with Gasteiger partial charge >= 0.3 is 0 Å². The molecule has 0 bridgehead atoms. The lowest BCUT2D eigenvalue weighted by Gasteiger charge is -2.32. The van der Waals surface area contributed by atoms with Gasteiger partial charge in [-0.3, -0.25) is 0 Å². The van der Waals surface area contributed by atoms with Crippen LogP contribution in [0.5, 0.6) is 0 Å². The first-order chi connectivity index (χ1) is 5.47. The zero-order valence-corrected chi connectivity index (χ0v) is 8.60. The van der Waals surface area contributed by atoms with E-state index < -0.39 is 0 Å². The molecule has 0 spiro atoms. The molecule has 1 heteroatoms. The molecule has 0 aromatic rings. The van der Waals surface area contributed by atoms with Crippen LogP contribution in [0.25, 0.3) is 0 Å². The van der Waals surface area contributed by atoms with Gasteiger partial charge in [0.15, 0.2) is 0 Å². The second kappa shape index (κ2) is 3.78. The molecular weight excluding hydrogens is 148 g/mol. The largest absolute Gasteiger partial charge is 0.373 e. The van der Waals surface area contributed by atoms with Crippen molar-refractivity contribution in [2.45, 2.75) is 58.2 Å². The molecular formula is C11H21O. The van der Waals surface area contributed by atoms with Gasteiger partial charge in [0, 0.05) is 0 Å². The van der Waals surface area contributed by atoms with Crippen molar-refractivity contribution in [2.24, 2.45) is 5.92 Å². The SMILES string of the molecule is [CH2]C1CCC(OC(C)(C)C)CC1. The summed E-state index contributed by atoms with van der Waals surface area (Å²) in [5.41, 5.74) is 0.0265. The van der Waals surface area contributed by atoms with E-state index in [1.807, 2.05) is 0 Å². The van der Waals surface area contributed by atoms with Crippen molar-refractivity contribution in [2.75, 3.05) is 0 Å². The van der Waals surface area contributed by atoms with Crippen molar-refractivity contribution >= 4 is 0 Å². The molecule has 0 heterocycles. The quantitative estimate of drug-likeness (QED) is 0.585. The van der Waals surface area contributed by atoms with Crippen LogP contribution in [-0.4, -0.2) is 11.7 Å². The molecule has 0 amide bonds. The lowest BCUT2D eigenvalue weighted by Crippen LogP contribution is -2.30. The summed E-state index contributed by atoms with van der Waals surface area (Å²) in [6, 6.07) is 0. The highest BCUT2D eigenvalue weighted by molar-refractivity contribution is 4.76. The van der Waals surface area contributed by atoms with E-state index in [0.29, 0.717) is 12.0 Å². The Morgan fingerprint density at radius 1 is 1.08 bits per heavy atom. The van der Waals surface area contributed by atoms with Crippen molar-refractivity contribution < 1.29 is 4.74 Å². The molecule has 1 radical (unpaired) electrons. The van der Waals surface area contributed by atoms with Gasteiger partial charge in [-0.05, 0) is 52.4 Å². The molecule has 1 saturated carbocycles. The lowest BCUT2D eigenvalue weighted by atomic mass is 9.88. The minimum atomic E-state index is 0.0265. The third kappa shape index (κ3) is 3.57. The van der Waals surface area contributed by atoms with Gasteiger partial charge in [-0.25, -0.2) is 0 Å². The molecule has 1 fully saturated rings. The first-order valence-corrected chi connectivity index (χ1v) is 4.98. The van der Waals surface area contributed by atoms with Crippen molar-refractivity contribution in [3.63, 3.8) is 0 Å². The second-order valence-corrected chi connectivity index (χ2v) is 4.87. The fourth-order valence-corrected chi connectivity index (χ4v) is 1.75. The van der Waals surface area contributed by atoms with E-state index in [9.17, 15) is 0 Å². The molecule has 71 valence electrons. The van der Waals surface area contributed by atoms with Crippen molar-refractivity contribution in [1.29, 1.82) is 0 Å². The van der Waals surface area contributed by atoms with Crippen LogP contribution in [-0.2, 0) is 4.74 Å². The monoisotopic (exact) mass is 169 g/mol. The summed E-state index contributed by atoms with van der Waals surface area (Å²) < 4.78 is 5.90. The number of ether oxygens (including phenoxy) is 1. The van der Waals surface area contributed by atoms with Gasteiger partial charge in [-0.2, -0.15) is 0 Å². The van der Waals surface area contributed by atoms with Gasteiger partial charge in [0.25, 0.3) is 0 Å². The maximum Gasteiger partial charge on any atom is 0.0602 e. The molecule has 0 aromatic carbocycles. The van der Waals surface area contributed by atoms with Crippen molar-refractivity contribution in [3.05, 3.63) is 6.92 Å². The number of hydrogen-bond donors (Lipinski definition) is 0. The zero-order valence-electron chi connectivity index (χ0n) is 8.60. The normalized spacial score (nSPS) is 32.0. The van der Waals surface area contributed by atoms with E-state index >= 15 is 0 Å². The Labute approximate surface area is 76.5 Å². The molecule has 0 atom stereocenters. The Balaban J connectivity index is 2.26. The molecule has 1 aliphatic rings. The van der Waals surface area contributed by atoms with Crippen LogP contribution in [0, 0.1) is 12.8 Å². The summed E-state index contributed by atoms with van der Waals surface area (Å²) in [6.45, 7) is 10.5. The molecule has 0 aliphatic heterocycles. The van der Waals surface area contributed by atoms with Crippen LogP contribution < -0.4 is 0 Å². The summed E-state index contributed by atoms with van der Waals surface area (Å²) in [5, 5.41) is 0. The summed E-state index contributed by atoms with van der Waals surface area (Å²) in [7, 11) is 0. The molecule has 1 nitrogen and oxygen atoms in total. The minimum absolute atomic E-state index is 0.0265. The van der Waals surface area contributed by atoms with E-state index in [0.717, 1.165) is 0 Å². The van der Waals surface area contributed by atoms with Crippen LogP contribution in [0.3, 0.4) is 0 Å². The maximum absolute atomic E-state index is 5.90. The number of hydrogen-bond acceptors (Lipinski definition) is 1. The zero-order chi connectivity index (χ0) is 9.19. The minimum Gasteiger partial charge on any atom is -0.373 e. The van der Waals surface area contributed by atoms with Crippen molar-refractivity contribution in [1.82, 2.24) is 0 Å². The summed E-state index contributed by atoms with van der Waals surface area (Å²) in [5.74, 6) is 0.671. The van der Waals surface area contributed by atoms with Crippen LogP contribution in [0.15, 0.2) is 0 Å². The number of rotatable bonds is 1. The first kappa shape index (κ1) is 10.0.